The molecule has 1 aliphatic heterocycles. The van der Waals surface area contributed by atoms with Crippen molar-refractivity contribution < 1.29 is 9.59 Å². The van der Waals surface area contributed by atoms with E-state index >= 15 is 0 Å². The van der Waals surface area contributed by atoms with E-state index in [9.17, 15) is 9.59 Å². The number of unbranched alkanes of at least 4 members (excludes halogenated alkanes) is 5. The van der Waals surface area contributed by atoms with Crippen molar-refractivity contribution in [3.63, 3.8) is 0 Å². The van der Waals surface area contributed by atoms with Crippen LogP contribution in [0.3, 0.4) is 0 Å². The minimum absolute atomic E-state index is 0.363. The van der Waals surface area contributed by atoms with Crippen molar-refractivity contribution in [2.75, 3.05) is 16.8 Å². The van der Waals surface area contributed by atoms with Crippen LogP contribution in [0.5, 0.6) is 0 Å². The Bertz CT molecular complexity index is 487. The number of hydrogen-bond donors (Lipinski definition) is 0. The Hall–Kier alpha value is -1.16. The first-order valence-electron chi connectivity index (χ1n) is 7.27. The molecule has 0 spiro atoms. The predicted octanol–water partition coefficient (Wildman–Crippen LogP) is 3.95. The van der Waals surface area contributed by atoms with Gasteiger partial charge in [-0.3, -0.25) is 9.59 Å². The number of amides is 1. The van der Waals surface area contributed by atoms with Crippen molar-refractivity contribution in [1.82, 2.24) is 0 Å². The molecule has 0 radical (unpaired) electrons. The van der Waals surface area contributed by atoms with Gasteiger partial charge in [-0.25, -0.2) is 0 Å². The molecule has 1 aromatic rings. The first-order chi connectivity index (χ1) is 9.75. The maximum atomic E-state index is 11.9. The molecule has 0 saturated carbocycles. The normalized spacial score (nSPS) is 13.9. The van der Waals surface area contributed by atoms with Gasteiger partial charge < -0.3 is 4.90 Å². The summed E-state index contributed by atoms with van der Waals surface area (Å²) in [6.45, 7) is 0.653. The van der Waals surface area contributed by atoms with E-state index in [4.69, 9.17) is 0 Å². The first kappa shape index (κ1) is 15.2. The molecule has 1 amide bonds. The molecular weight excluding hydrogens is 318 g/mol. The van der Waals surface area contributed by atoms with Crippen molar-refractivity contribution in [1.29, 1.82) is 0 Å². The minimum atomic E-state index is -0.370. The molecule has 1 aliphatic rings. The van der Waals surface area contributed by atoms with Crippen molar-refractivity contribution in [2.24, 2.45) is 0 Å². The monoisotopic (exact) mass is 337 g/mol. The lowest BCUT2D eigenvalue weighted by molar-refractivity contribution is -0.114. The number of carbonyl (C=O) groups excluding carboxylic acids is 2. The highest BCUT2D eigenvalue weighted by molar-refractivity contribution is 9.09. The van der Waals surface area contributed by atoms with Gasteiger partial charge in [0.25, 0.3) is 11.7 Å². The highest BCUT2D eigenvalue weighted by Gasteiger charge is 2.34. The third-order valence-corrected chi connectivity index (χ3v) is 4.20. The molecule has 2 rings (SSSR count). The van der Waals surface area contributed by atoms with Crippen molar-refractivity contribution in [3.8, 4) is 0 Å². The Morgan fingerprint density at radius 1 is 0.900 bits per heavy atom. The van der Waals surface area contributed by atoms with Crippen LogP contribution in [0.25, 0.3) is 0 Å². The number of nitrogens with zero attached hydrogens (tertiary/aromatic N) is 1. The number of halogens is 1. The molecule has 0 aromatic heterocycles. The van der Waals surface area contributed by atoms with Crippen molar-refractivity contribution >= 4 is 33.3 Å². The van der Waals surface area contributed by atoms with Crippen LogP contribution in [0.4, 0.5) is 5.69 Å². The summed E-state index contributed by atoms with van der Waals surface area (Å²) in [4.78, 5) is 25.4. The Kier molecular flexibility index (Phi) is 5.77. The number of para-hydroxylation sites is 1. The van der Waals surface area contributed by atoms with Crippen LogP contribution < -0.4 is 4.90 Å². The summed E-state index contributed by atoms with van der Waals surface area (Å²) in [5.41, 5.74) is 1.33. The fourth-order valence-corrected chi connectivity index (χ4v) is 2.94. The maximum Gasteiger partial charge on any atom is 0.299 e. The highest BCUT2D eigenvalue weighted by atomic mass is 79.9. The molecule has 3 nitrogen and oxygen atoms in total. The maximum absolute atomic E-state index is 11.9. The summed E-state index contributed by atoms with van der Waals surface area (Å²) >= 11 is 3.43. The molecular formula is C16H20BrNO2. The van der Waals surface area contributed by atoms with Gasteiger partial charge in [0.1, 0.15) is 0 Å². The van der Waals surface area contributed by atoms with Gasteiger partial charge in [-0.1, -0.05) is 53.7 Å². The zero-order valence-electron chi connectivity index (χ0n) is 11.6. The Morgan fingerprint density at radius 2 is 1.55 bits per heavy atom. The second-order valence-electron chi connectivity index (χ2n) is 5.11. The smallest absolute Gasteiger partial charge is 0.299 e. The average Bonchev–Trinajstić information content (AvgIpc) is 2.71. The zero-order chi connectivity index (χ0) is 14.4. The molecule has 0 bridgehead atoms. The Morgan fingerprint density at radius 3 is 2.30 bits per heavy atom. The second kappa shape index (κ2) is 7.58. The number of ketones is 1. The van der Waals surface area contributed by atoms with Crippen molar-refractivity contribution in [2.45, 2.75) is 38.5 Å². The molecule has 4 heteroatoms. The lowest BCUT2D eigenvalue weighted by Crippen LogP contribution is -2.30. The first-order valence-corrected chi connectivity index (χ1v) is 8.39. The summed E-state index contributed by atoms with van der Waals surface area (Å²) in [6.07, 6.45) is 7.01. The van der Waals surface area contributed by atoms with Gasteiger partial charge in [0.05, 0.1) is 11.3 Å². The van der Waals surface area contributed by atoms with E-state index in [1.54, 1.807) is 17.0 Å². The largest absolute Gasteiger partial charge is 0.305 e. The highest BCUT2D eigenvalue weighted by Crippen LogP contribution is 2.28. The van der Waals surface area contributed by atoms with Gasteiger partial charge in [-0.2, -0.15) is 0 Å². The van der Waals surface area contributed by atoms with Gasteiger partial charge in [0.15, 0.2) is 0 Å². The van der Waals surface area contributed by atoms with Crippen LogP contribution in [0.2, 0.25) is 0 Å². The molecule has 20 heavy (non-hydrogen) atoms. The van der Waals surface area contributed by atoms with Crippen LogP contribution in [-0.2, 0) is 4.79 Å². The minimum Gasteiger partial charge on any atom is -0.305 e. The fourth-order valence-electron chi connectivity index (χ4n) is 2.54. The van der Waals surface area contributed by atoms with E-state index in [-0.39, 0.29) is 11.7 Å². The molecule has 108 valence electrons. The lowest BCUT2D eigenvalue weighted by Gasteiger charge is -2.16. The van der Waals surface area contributed by atoms with Crippen LogP contribution in [0.1, 0.15) is 48.9 Å². The van der Waals surface area contributed by atoms with E-state index in [2.05, 4.69) is 15.9 Å². The Balaban J connectivity index is 1.79. The third-order valence-electron chi connectivity index (χ3n) is 3.64. The summed E-state index contributed by atoms with van der Waals surface area (Å²) in [5, 5.41) is 1.08. The van der Waals surface area contributed by atoms with E-state index in [0.29, 0.717) is 12.1 Å². The van der Waals surface area contributed by atoms with E-state index in [0.717, 1.165) is 23.9 Å². The number of rotatable bonds is 8. The predicted molar refractivity (Wildman–Crippen MR) is 84.6 cm³/mol. The molecule has 0 aliphatic carbocycles. The fraction of sp³-hybridized carbons (Fsp3) is 0.500. The SMILES string of the molecule is O=C1C(=O)N(CCCCCCCCBr)c2ccccc21. The topological polar surface area (TPSA) is 37.4 Å². The number of alkyl halides is 1. The summed E-state index contributed by atoms with van der Waals surface area (Å²) in [7, 11) is 0. The molecule has 0 N–H and O–H groups in total. The molecule has 1 heterocycles. The third kappa shape index (κ3) is 3.48. The van der Waals surface area contributed by atoms with Crippen LogP contribution in [0, 0.1) is 0 Å². The van der Waals surface area contributed by atoms with Gasteiger partial charge >= 0.3 is 0 Å². The number of carbonyl (C=O) groups is 2. The number of hydrogen-bond acceptors (Lipinski definition) is 2. The van der Waals surface area contributed by atoms with Crippen LogP contribution >= 0.6 is 15.9 Å². The van der Waals surface area contributed by atoms with Crippen LogP contribution in [0.15, 0.2) is 24.3 Å². The average molecular weight is 338 g/mol. The standard InChI is InChI=1S/C16H20BrNO2/c17-11-7-3-1-2-4-8-12-18-14-10-6-5-9-13(14)15(19)16(18)20/h5-6,9-10H,1-4,7-8,11-12H2. The zero-order valence-corrected chi connectivity index (χ0v) is 13.2. The molecule has 0 fully saturated rings. The molecule has 0 saturated heterocycles. The number of fused-ring (bicyclic) bond motifs is 1. The van der Waals surface area contributed by atoms with Crippen molar-refractivity contribution in [3.05, 3.63) is 29.8 Å². The summed E-state index contributed by atoms with van der Waals surface area (Å²) in [6, 6.07) is 7.26. The molecule has 1 aromatic carbocycles. The van der Waals surface area contributed by atoms with E-state index in [1.165, 1.54) is 25.7 Å². The van der Waals surface area contributed by atoms with Gasteiger partial charge in [-0.05, 0) is 25.0 Å². The van der Waals surface area contributed by atoms with Gasteiger partial charge in [-0.15, -0.1) is 0 Å². The number of Topliss-reactive ketones (excluding diaryl/α,β-unsaturated/α-hetero) is 1. The van der Waals surface area contributed by atoms with E-state index in [1.807, 2.05) is 12.1 Å². The summed E-state index contributed by atoms with van der Waals surface area (Å²) < 4.78 is 0. The van der Waals surface area contributed by atoms with Gasteiger partial charge in [0.2, 0.25) is 0 Å². The Labute approximate surface area is 128 Å². The molecule has 0 atom stereocenters. The molecule has 0 unspecified atom stereocenters. The quantitative estimate of drug-likeness (QED) is 0.409. The second-order valence-corrected chi connectivity index (χ2v) is 5.91. The number of benzene rings is 1. The van der Waals surface area contributed by atoms with Crippen LogP contribution in [-0.4, -0.2) is 23.6 Å². The van der Waals surface area contributed by atoms with Gasteiger partial charge in [0, 0.05) is 11.9 Å². The number of anilines is 1. The lowest BCUT2D eigenvalue weighted by atomic mass is 10.1. The summed E-state index contributed by atoms with van der Waals surface area (Å²) in [5.74, 6) is -0.733. The van der Waals surface area contributed by atoms with E-state index < -0.39 is 0 Å².